The van der Waals surface area contributed by atoms with E-state index in [0.29, 0.717) is 0 Å². The van der Waals surface area contributed by atoms with E-state index >= 15 is 0 Å². The summed E-state index contributed by atoms with van der Waals surface area (Å²) >= 11 is 7.03. The molecule has 0 aromatic heterocycles. The number of hydrogen-bond acceptors (Lipinski definition) is 1. The van der Waals surface area contributed by atoms with Crippen LogP contribution in [0.15, 0.2) is 27.1 Å². The lowest BCUT2D eigenvalue weighted by Gasteiger charge is -2.14. The van der Waals surface area contributed by atoms with Gasteiger partial charge in [-0.05, 0) is 30.2 Å². The number of unbranched alkanes of at least 4 members (excludes halogenated alkanes) is 3. The van der Waals surface area contributed by atoms with E-state index in [4.69, 9.17) is 5.73 Å². The van der Waals surface area contributed by atoms with Crippen molar-refractivity contribution in [3.63, 3.8) is 0 Å². The normalized spacial score (nSPS) is 12.8. The number of hydrogen-bond donors (Lipinski definition) is 1. The van der Waals surface area contributed by atoms with Crippen LogP contribution in [-0.4, -0.2) is 0 Å². The van der Waals surface area contributed by atoms with Gasteiger partial charge in [-0.2, -0.15) is 0 Å². The Morgan fingerprint density at radius 2 is 1.94 bits per heavy atom. The first-order valence-electron chi connectivity index (χ1n) is 5.85. The second-order valence-electron chi connectivity index (χ2n) is 4.12. The summed E-state index contributed by atoms with van der Waals surface area (Å²) in [6.45, 7) is 2.23. The summed E-state index contributed by atoms with van der Waals surface area (Å²) in [6.07, 6.45) is 6.15. The van der Waals surface area contributed by atoms with Crippen molar-refractivity contribution in [2.75, 3.05) is 0 Å². The number of halogens is 2. The highest BCUT2D eigenvalue weighted by atomic mass is 79.9. The zero-order valence-electron chi connectivity index (χ0n) is 9.68. The molecular formula is C13H19Br2N. The molecule has 1 aromatic carbocycles. The minimum absolute atomic E-state index is 0.142. The third kappa shape index (κ3) is 4.56. The van der Waals surface area contributed by atoms with Crippen LogP contribution in [0.25, 0.3) is 0 Å². The van der Waals surface area contributed by atoms with Gasteiger partial charge in [-0.1, -0.05) is 64.5 Å². The fourth-order valence-corrected chi connectivity index (χ4v) is 2.66. The van der Waals surface area contributed by atoms with Gasteiger partial charge in [0.25, 0.3) is 0 Å². The Bertz CT molecular complexity index is 326. The summed E-state index contributed by atoms with van der Waals surface area (Å²) in [5, 5.41) is 0. The molecule has 1 nitrogen and oxygen atoms in total. The van der Waals surface area contributed by atoms with Gasteiger partial charge in [0, 0.05) is 15.0 Å². The maximum absolute atomic E-state index is 6.20. The van der Waals surface area contributed by atoms with Crippen LogP contribution in [0.4, 0.5) is 0 Å². The molecule has 1 rings (SSSR count). The van der Waals surface area contributed by atoms with E-state index in [2.05, 4.69) is 44.8 Å². The molecule has 0 aliphatic heterocycles. The first-order chi connectivity index (χ1) is 7.65. The molecule has 0 aliphatic rings. The highest BCUT2D eigenvalue weighted by Gasteiger charge is 2.09. The summed E-state index contributed by atoms with van der Waals surface area (Å²) in [6, 6.07) is 6.32. The van der Waals surface area contributed by atoms with Crippen molar-refractivity contribution in [1.29, 1.82) is 0 Å². The quantitative estimate of drug-likeness (QED) is 0.704. The lowest BCUT2D eigenvalue weighted by Crippen LogP contribution is -2.10. The molecule has 1 aromatic rings. The van der Waals surface area contributed by atoms with Gasteiger partial charge >= 0.3 is 0 Å². The first kappa shape index (κ1) is 14.2. The van der Waals surface area contributed by atoms with Crippen molar-refractivity contribution >= 4 is 31.9 Å². The van der Waals surface area contributed by atoms with E-state index in [9.17, 15) is 0 Å². The van der Waals surface area contributed by atoms with E-state index in [1.165, 1.54) is 31.2 Å². The molecule has 0 heterocycles. The molecule has 0 bridgehead atoms. The van der Waals surface area contributed by atoms with Crippen molar-refractivity contribution < 1.29 is 0 Å². The Morgan fingerprint density at radius 1 is 1.19 bits per heavy atom. The van der Waals surface area contributed by atoms with Gasteiger partial charge in [-0.3, -0.25) is 0 Å². The Balaban J connectivity index is 2.51. The van der Waals surface area contributed by atoms with Crippen LogP contribution in [0.1, 0.15) is 50.6 Å². The van der Waals surface area contributed by atoms with Gasteiger partial charge in [-0.15, -0.1) is 0 Å². The Kier molecular flexibility index (Phi) is 6.62. The topological polar surface area (TPSA) is 26.0 Å². The molecule has 0 saturated heterocycles. The highest BCUT2D eigenvalue weighted by molar-refractivity contribution is 9.11. The van der Waals surface area contributed by atoms with E-state index in [-0.39, 0.29) is 6.04 Å². The van der Waals surface area contributed by atoms with Crippen LogP contribution in [0.3, 0.4) is 0 Å². The molecule has 1 unspecified atom stereocenters. The molecular weight excluding hydrogens is 330 g/mol. The van der Waals surface area contributed by atoms with Gasteiger partial charge in [0.05, 0.1) is 0 Å². The summed E-state index contributed by atoms with van der Waals surface area (Å²) in [5.74, 6) is 0. The van der Waals surface area contributed by atoms with Gasteiger partial charge in [0.15, 0.2) is 0 Å². The van der Waals surface area contributed by atoms with Crippen LogP contribution in [0, 0.1) is 0 Å². The Morgan fingerprint density at radius 3 is 2.62 bits per heavy atom. The maximum Gasteiger partial charge on any atom is 0.0306 e. The zero-order valence-corrected chi connectivity index (χ0v) is 12.9. The van der Waals surface area contributed by atoms with Crippen molar-refractivity contribution in [3.05, 3.63) is 32.7 Å². The van der Waals surface area contributed by atoms with Crippen molar-refractivity contribution in [3.8, 4) is 0 Å². The molecule has 3 heteroatoms. The van der Waals surface area contributed by atoms with Crippen LogP contribution >= 0.6 is 31.9 Å². The molecule has 0 amide bonds. The predicted octanol–water partition coefficient (Wildman–Crippen LogP) is 5.18. The van der Waals surface area contributed by atoms with Gasteiger partial charge in [-0.25, -0.2) is 0 Å². The zero-order chi connectivity index (χ0) is 12.0. The third-order valence-electron chi connectivity index (χ3n) is 2.73. The summed E-state index contributed by atoms with van der Waals surface area (Å²) in [5.41, 5.74) is 7.40. The lowest BCUT2D eigenvalue weighted by molar-refractivity contribution is 0.565. The highest BCUT2D eigenvalue weighted by Crippen LogP contribution is 2.28. The maximum atomic E-state index is 6.20. The molecule has 1 atom stereocenters. The average Bonchev–Trinajstić information content (AvgIpc) is 2.27. The minimum Gasteiger partial charge on any atom is -0.324 e. The minimum atomic E-state index is 0.142. The van der Waals surface area contributed by atoms with Crippen molar-refractivity contribution in [2.45, 2.75) is 45.1 Å². The van der Waals surface area contributed by atoms with Crippen LogP contribution < -0.4 is 5.73 Å². The molecule has 0 saturated carbocycles. The molecule has 2 N–H and O–H groups in total. The predicted molar refractivity (Wildman–Crippen MR) is 77.5 cm³/mol. The molecule has 90 valence electrons. The summed E-state index contributed by atoms with van der Waals surface area (Å²) in [4.78, 5) is 0. The van der Waals surface area contributed by atoms with Crippen LogP contribution in [0.2, 0.25) is 0 Å². The Hall–Kier alpha value is 0.140. The summed E-state index contributed by atoms with van der Waals surface area (Å²) in [7, 11) is 0. The van der Waals surface area contributed by atoms with E-state index in [0.717, 1.165) is 15.4 Å². The Labute approximate surface area is 115 Å². The fraction of sp³-hybridized carbons (Fsp3) is 0.538. The standard InChI is InChI=1S/C13H19Br2N/c1-2-3-4-5-6-13(16)11-9-10(14)7-8-12(11)15/h7-9,13H,2-6,16H2,1H3. The SMILES string of the molecule is CCCCCCC(N)c1cc(Br)ccc1Br. The molecule has 0 radical (unpaired) electrons. The number of benzene rings is 1. The fourth-order valence-electron chi connectivity index (χ4n) is 1.75. The molecule has 0 fully saturated rings. The second kappa shape index (κ2) is 7.46. The smallest absolute Gasteiger partial charge is 0.0306 e. The molecule has 0 spiro atoms. The second-order valence-corrected chi connectivity index (χ2v) is 5.89. The van der Waals surface area contributed by atoms with Gasteiger partial charge in [0.2, 0.25) is 0 Å². The van der Waals surface area contributed by atoms with E-state index in [1.807, 2.05) is 12.1 Å². The molecule has 0 aliphatic carbocycles. The monoisotopic (exact) mass is 347 g/mol. The van der Waals surface area contributed by atoms with Crippen LogP contribution in [-0.2, 0) is 0 Å². The van der Waals surface area contributed by atoms with Crippen molar-refractivity contribution in [1.82, 2.24) is 0 Å². The average molecular weight is 349 g/mol. The van der Waals surface area contributed by atoms with E-state index < -0.39 is 0 Å². The van der Waals surface area contributed by atoms with Crippen LogP contribution in [0.5, 0.6) is 0 Å². The largest absolute Gasteiger partial charge is 0.324 e. The van der Waals surface area contributed by atoms with Gasteiger partial charge in [0.1, 0.15) is 0 Å². The third-order valence-corrected chi connectivity index (χ3v) is 3.94. The molecule has 16 heavy (non-hydrogen) atoms. The van der Waals surface area contributed by atoms with Gasteiger partial charge < -0.3 is 5.73 Å². The first-order valence-corrected chi connectivity index (χ1v) is 7.44. The number of rotatable bonds is 6. The number of nitrogens with two attached hydrogens (primary N) is 1. The summed E-state index contributed by atoms with van der Waals surface area (Å²) < 4.78 is 2.20. The van der Waals surface area contributed by atoms with E-state index in [1.54, 1.807) is 0 Å². The lowest BCUT2D eigenvalue weighted by atomic mass is 10.0. The van der Waals surface area contributed by atoms with Crippen molar-refractivity contribution in [2.24, 2.45) is 5.73 Å².